The fourth-order valence-electron chi connectivity index (χ4n) is 4.21. The minimum Gasteiger partial charge on any atom is -0.442 e. The maximum atomic E-state index is 15.1. The second-order valence-electron chi connectivity index (χ2n) is 8.76. The number of anilines is 5. The van der Waals surface area contributed by atoms with Gasteiger partial charge in [0.05, 0.1) is 36.9 Å². The van der Waals surface area contributed by atoms with E-state index < -0.39 is 18.0 Å². The lowest BCUT2D eigenvalue weighted by Gasteiger charge is -2.36. The molecule has 5 heterocycles. The average Bonchev–Trinajstić information content (AvgIpc) is 3.29. The molecule has 2 saturated heterocycles. The zero-order valence-electron chi connectivity index (χ0n) is 20.5. The molecule has 0 aliphatic carbocycles. The van der Waals surface area contributed by atoms with Gasteiger partial charge in [-0.25, -0.2) is 24.1 Å². The minimum absolute atomic E-state index is 0.193. The Morgan fingerprint density at radius 2 is 1.92 bits per heavy atom. The van der Waals surface area contributed by atoms with E-state index in [4.69, 9.17) is 16.3 Å². The van der Waals surface area contributed by atoms with Crippen LogP contribution in [0.3, 0.4) is 0 Å². The molecule has 14 heteroatoms. The average molecular weight is 542 g/mol. The van der Waals surface area contributed by atoms with Crippen LogP contribution >= 0.6 is 11.6 Å². The SMILES string of the molecule is CC(=O)NC[C@H]1CN(c2cnc(N3CCN(c4ccnc(Nc5ccc(Cl)nc5)n4)CC3)c(F)c2)C(=O)O1. The van der Waals surface area contributed by atoms with E-state index in [0.717, 1.165) is 5.82 Å². The van der Waals surface area contributed by atoms with Gasteiger partial charge in [-0.05, 0) is 18.2 Å². The van der Waals surface area contributed by atoms with E-state index in [-0.39, 0.29) is 24.8 Å². The Morgan fingerprint density at radius 1 is 1.13 bits per heavy atom. The molecule has 1 atom stereocenters. The summed E-state index contributed by atoms with van der Waals surface area (Å²) in [7, 11) is 0. The lowest BCUT2D eigenvalue weighted by Crippen LogP contribution is -2.47. The van der Waals surface area contributed by atoms with Gasteiger partial charge in [0, 0.05) is 45.4 Å². The number of carbonyl (C=O) groups excluding carboxylic acids is 2. The van der Waals surface area contributed by atoms with E-state index in [2.05, 4.69) is 35.5 Å². The molecule has 2 fully saturated rings. The van der Waals surface area contributed by atoms with E-state index in [9.17, 15) is 9.59 Å². The molecule has 38 heavy (non-hydrogen) atoms. The van der Waals surface area contributed by atoms with Gasteiger partial charge in [0.1, 0.15) is 17.1 Å². The summed E-state index contributed by atoms with van der Waals surface area (Å²) in [6, 6.07) is 6.57. The Balaban J connectivity index is 1.19. The molecule has 2 aliphatic heterocycles. The molecule has 0 bridgehead atoms. The van der Waals surface area contributed by atoms with Crippen LogP contribution in [0.1, 0.15) is 6.92 Å². The first-order valence-corrected chi connectivity index (χ1v) is 12.3. The maximum absolute atomic E-state index is 15.1. The summed E-state index contributed by atoms with van der Waals surface area (Å²) in [5.41, 5.74) is 1.02. The van der Waals surface area contributed by atoms with Crippen molar-refractivity contribution in [1.29, 1.82) is 0 Å². The molecule has 2 amide bonds. The Bertz CT molecular complexity index is 1320. The molecule has 0 radical (unpaired) electrons. The first-order chi connectivity index (χ1) is 18.4. The normalized spacial score (nSPS) is 17.4. The number of ether oxygens (including phenoxy) is 1. The molecule has 198 valence electrons. The molecule has 2 aliphatic rings. The van der Waals surface area contributed by atoms with Crippen molar-refractivity contribution in [1.82, 2.24) is 25.3 Å². The van der Waals surface area contributed by atoms with Crippen molar-refractivity contribution in [3.05, 3.63) is 53.8 Å². The summed E-state index contributed by atoms with van der Waals surface area (Å²) < 4.78 is 20.3. The highest BCUT2D eigenvalue weighted by Crippen LogP contribution is 2.27. The number of amides is 2. The zero-order chi connectivity index (χ0) is 26.6. The molecule has 0 aromatic carbocycles. The number of nitrogens with one attached hydrogen (secondary N) is 2. The first-order valence-electron chi connectivity index (χ1n) is 12.0. The Kier molecular flexibility index (Phi) is 7.36. The number of aromatic nitrogens is 4. The van der Waals surface area contributed by atoms with Crippen molar-refractivity contribution < 1.29 is 18.7 Å². The van der Waals surface area contributed by atoms with Gasteiger partial charge in [0.2, 0.25) is 11.9 Å². The standard InChI is InChI=1S/C24H25ClFN9O3/c1-15(36)28-13-18-14-35(24(37)38-18)17-10-19(26)22(30-12-17)34-8-6-33(7-9-34)21-4-5-27-23(32-21)31-16-2-3-20(25)29-11-16/h2-5,10-12,18H,6-9,13-14H2,1H3,(H,28,36)(H,27,31,32)/t18-/m0/s1. The van der Waals surface area contributed by atoms with Gasteiger partial charge in [-0.15, -0.1) is 0 Å². The second-order valence-corrected chi connectivity index (χ2v) is 9.15. The van der Waals surface area contributed by atoms with Gasteiger partial charge < -0.3 is 25.2 Å². The largest absolute Gasteiger partial charge is 0.442 e. The number of hydrogen-bond acceptors (Lipinski definition) is 10. The summed E-state index contributed by atoms with van der Waals surface area (Å²) in [5, 5.41) is 6.11. The lowest BCUT2D eigenvalue weighted by molar-refractivity contribution is -0.119. The number of piperazine rings is 1. The van der Waals surface area contributed by atoms with Crippen molar-refractivity contribution in [3.8, 4) is 0 Å². The predicted octanol–water partition coefficient (Wildman–Crippen LogP) is 2.59. The fourth-order valence-corrected chi connectivity index (χ4v) is 4.32. The Morgan fingerprint density at radius 3 is 2.63 bits per heavy atom. The highest BCUT2D eigenvalue weighted by atomic mass is 35.5. The van der Waals surface area contributed by atoms with Gasteiger partial charge in [-0.1, -0.05) is 11.6 Å². The first kappa shape index (κ1) is 25.4. The Labute approximate surface area is 222 Å². The number of cyclic esters (lactones) is 1. The van der Waals surface area contributed by atoms with E-state index in [1.165, 1.54) is 24.1 Å². The third-order valence-electron chi connectivity index (χ3n) is 6.10. The van der Waals surface area contributed by atoms with Crippen LogP contribution in [0.2, 0.25) is 5.15 Å². The summed E-state index contributed by atoms with van der Waals surface area (Å²) in [5.74, 6) is 0.644. The zero-order valence-corrected chi connectivity index (χ0v) is 21.2. The van der Waals surface area contributed by atoms with Crippen LogP contribution < -0.4 is 25.3 Å². The van der Waals surface area contributed by atoms with Crippen LogP contribution in [0.4, 0.5) is 38.1 Å². The molecule has 12 nitrogen and oxygen atoms in total. The summed E-state index contributed by atoms with van der Waals surface area (Å²) in [6.07, 6.45) is 3.61. The lowest BCUT2D eigenvalue weighted by atomic mass is 10.2. The summed E-state index contributed by atoms with van der Waals surface area (Å²) in [6.45, 7) is 4.04. The van der Waals surface area contributed by atoms with Crippen LogP contribution in [0.5, 0.6) is 0 Å². The van der Waals surface area contributed by atoms with Gasteiger partial charge >= 0.3 is 6.09 Å². The molecular formula is C24H25ClFN9O3. The van der Waals surface area contributed by atoms with Gasteiger partial charge in [-0.2, -0.15) is 4.98 Å². The van der Waals surface area contributed by atoms with Crippen LogP contribution in [0.15, 0.2) is 42.9 Å². The number of rotatable bonds is 7. The molecule has 0 saturated carbocycles. The Hall–Kier alpha value is -4.26. The monoisotopic (exact) mass is 541 g/mol. The van der Waals surface area contributed by atoms with Gasteiger partial charge in [0.15, 0.2) is 11.6 Å². The van der Waals surface area contributed by atoms with Gasteiger partial charge in [0.25, 0.3) is 0 Å². The number of nitrogens with zero attached hydrogens (tertiary/aromatic N) is 7. The molecule has 0 spiro atoms. The number of hydrogen-bond donors (Lipinski definition) is 2. The fraction of sp³-hybridized carbons (Fsp3) is 0.333. The van der Waals surface area contributed by atoms with Crippen molar-refractivity contribution >= 4 is 52.6 Å². The molecule has 0 unspecified atom stereocenters. The smallest absolute Gasteiger partial charge is 0.414 e. The third-order valence-corrected chi connectivity index (χ3v) is 6.32. The highest BCUT2D eigenvalue weighted by molar-refractivity contribution is 6.29. The molecule has 3 aromatic heterocycles. The number of carbonyl (C=O) groups is 2. The molecule has 2 N–H and O–H groups in total. The molecular weight excluding hydrogens is 517 g/mol. The van der Waals surface area contributed by atoms with Gasteiger partial charge in [-0.3, -0.25) is 9.69 Å². The van der Waals surface area contributed by atoms with E-state index >= 15 is 4.39 Å². The van der Waals surface area contributed by atoms with Crippen molar-refractivity contribution in [2.24, 2.45) is 0 Å². The number of pyridine rings is 2. The van der Waals surface area contributed by atoms with Crippen LogP contribution in [-0.2, 0) is 9.53 Å². The second kappa shape index (κ2) is 11.0. The van der Waals surface area contributed by atoms with Crippen LogP contribution in [0.25, 0.3) is 0 Å². The predicted molar refractivity (Wildman–Crippen MR) is 139 cm³/mol. The topological polar surface area (TPSA) is 129 Å². The maximum Gasteiger partial charge on any atom is 0.414 e. The van der Waals surface area contributed by atoms with Crippen molar-refractivity contribution in [2.75, 3.05) is 59.3 Å². The van der Waals surface area contributed by atoms with E-state index in [1.807, 2.05) is 11.0 Å². The van der Waals surface area contributed by atoms with Crippen molar-refractivity contribution in [2.45, 2.75) is 13.0 Å². The minimum atomic E-state index is -0.603. The molecule has 3 aromatic rings. The van der Waals surface area contributed by atoms with E-state index in [1.54, 1.807) is 24.5 Å². The van der Waals surface area contributed by atoms with Crippen LogP contribution in [-0.4, -0.2) is 77.3 Å². The number of halogens is 2. The summed E-state index contributed by atoms with van der Waals surface area (Å²) in [4.78, 5) is 45.8. The quantitative estimate of drug-likeness (QED) is 0.431. The highest BCUT2D eigenvalue weighted by Gasteiger charge is 2.33. The van der Waals surface area contributed by atoms with E-state index in [0.29, 0.717) is 48.7 Å². The molecule has 5 rings (SSSR count). The third kappa shape index (κ3) is 5.83. The van der Waals surface area contributed by atoms with Crippen LogP contribution in [0, 0.1) is 5.82 Å². The van der Waals surface area contributed by atoms with Crippen molar-refractivity contribution in [3.63, 3.8) is 0 Å². The summed E-state index contributed by atoms with van der Waals surface area (Å²) >= 11 is 5.83.